The lowest BCUT2D eigenvalue weighted by Crippen LogP contribution is -2.30. The van der Waals surface area contributed by atoms with Crippen molar-refractivity contribution in [1.82, 2.24) is 4.90 Å². The van der Waals surface area contributed by atoms with E-state index in [1.54, 1.807) is 0 Å². The van der Waals surface area contributed by atoms with Gasteiger partial charge in [-0.2, -0.15) is 0 Å². The smallest absolute Gasteiger partial charge is 0.0992 e. The molecular weight excluding hydrogens is 292 g/mol. The summed E-state index contributed by atoms with van der Waals surface area (Å²) < 4.78 is 0. The van der Waals surface area contributed by atoms with Gasteiger partial charge < -0.3 is 9.80 Å². The van der Waals surface area contributed by atoms with Crippen LogP contribution in [0, 0.1) is 5.92 Å². The number of para-hydroxylation sites is 1. The monoisotopic (exact) mass is 322 g/mol. The normalized spacial score (nSPS) is 17.0. The third kappa shape index (κ3) is 2.90. The first-order valence-electron chi connectivity index (χ1n) is 9.17. The van der Waals surface area contributed by atoms with Gasteiger partial charge >= 0.3 is 0 Å². The summed E-state index contributed by atoms with van der Waals surface area (Å²) >= 11 is 0. The Labute approximate surface area is 147 Å². The summed E-state index contributed by atoms with van der Waals surface area (Å²) in [5.41, 5.74) is 6.99. The molecule has 0 spiro atoms. The van der Waals surface area contributed by atoms with E-state index in [0.29, 0.717) is 17.8 Å². The minimum Gasteiger partial charge on any atom is -0.327 e. The van der Waals surface area contributed by atoms with Gasteiger partial charge in [0.25, 0.3) is 0 Å². The van der Waals surface area contributed by atoms with Gasteiger partial charge in [-0.3, -0.25) is 0 Å². The molecule has 2 aliphatic heterocycles. The third-order valence-corrected chi connectivity index (χ3v) is 4.96. The third-order valence-electron chi connectivity index (χ3n) is 4.96. The Kier molecular flexibility index (Phi) is 4.58. The highest BCUT2D eigenvalue weighted by molar-refractivity contribution is 5.65. The van der Waals surface area contributed by atoms with Gasteiger partial charge in [0, 0.05) is 17.6 Å². The van der Waals surface area contributed by atoms with Crippen LogP contribution in [0.5, 0.6) is 0 Å². The first kappa shape index (κ1) is 16.9. The summed E-state index contributed by atoms with van der Waals surface area (Å²) in [5.74, 6) is 1.57. The van der Waals surface area contributed by atoms with Crippen LogP contribution < -0.4 is 4.90 Å². The molecule has 0 radical (unpaired) electrons. The highest BCUT2D eigenvalue weighted by Crippen LogP contribution is 2.39. The lowest BCUT2D eigenvalue weighted by molar-refractivity contribution is 0.420. The summed E-state index contributed by atoms with van der Waals surface area (Å²) in [4.78, 5) is 4.90. The zero-order valence-corrected chi connectivity index (χ0v) is 15.9. The van der Waals surface area contributed by atoms with Crippen LogP contribution in [0.3, 0.4) is 0 Å². The second-order valence-corrected chi connectivity index (χ2v) is 7.79. The van der Waals surface area contributed by atoms with Crippen molar-refractivity contribution >= 4 is 5.69 Å². The van der Waals surface area contributed by atoms with Gasteiger partial charge in [0.2, 0.25) is 0 Å². The summed E-state index contributed by atoms with van der Waals surface area (Å²) in [6, 6.07) is 6.79. The van der Waals surface area contributed by atoms with Crippen molar-refractivity contribution in [3.8, 4) is 0 Å². The van der Waals surface area contributed by atoms with Crippen LogP contribution in [-0.4, -0.2) is 11.6 Å². The van der Waals surface area contributed by atoms with E-state index in [0.717, 1.165) is 6.67 Å². The van der Waals surface area contributed by atoms with Crippen LogP contribution in [0.4, 0.5) is 5.69 Å². The predicted molar refractivity (Wildman–Crippen MR) is 104 cm³/mol. The molecule has 0 fully saturated rings. The molecule has 0 N–H and O–H groups in total. The van der Waals surface area contributed by atoms with Crippen molar-refractivity contribution in [2.24, 2.45) is 5.92 Å². The zero-order valence-electron chi connectivity index (χ0n) is 15.9. The van der Waals surface area contributed by atoms with Crippen molar-refractivity contribution in [3.05, 3.63) is 65.1 Å². The minimum atomic E-state index is 0.519. The van der Waals surface area contributed by atoms with Gasteiger partial charge in [-0.1, -0.05) is 65.8 Å². The lowest BCUT2D eigenvalue weighted by Gasteiger charge is -2.31. The van der Waals surface area contributed by atoms with E-state index >= 15 is 0 Å². The van der Waals surface area contributed by atoms with Crippen LogP contribution in [0.2, 0.25) is 0 Å². The predicted octanol–water partition coefficient (Wildman–Crippen LogP) is 5.96. The Hall–Kier alpha value is -1.96. The Morgan fingerprint density at radius 3 is 2.04 bits per heavy atom. The van der Waals surface area contributed by atoms with Crippen LogP contribution in [0.25, 0.3) is 0 Å². The minimum absolute atomic E-state index is 0.519. The van der Waals surface area contributed by atoms with Gasteiger partial charge in [0.15, 0.2) is 0 Å². The van der Waals surface area contributed by atoms with E-state index in [4.69, 9.17) is 0 Å². The van der Waals surface area contributed by atoms with Crippen LogP contribution in [0.1, 0.15) is 64.5 Å². The molecule has 2 aliphatic rings. The second-order valence-electron chi connectivity index (χ2n) is 7.79. The molecule has 1 aromatic carbocycles. The van der Waals surface area contributed by atoms with Crippen LogP contribution in [0.15, 0.2) is 54.0 Å². The van der Waals surface area contributed by atoms with E-state index in [1.807, 2.05) is 0 Å². The maximum absolute atomic E-state index is 2.45. The highest BCUT2D eigenvalue weighted by Gasteiger charge is 2.29. The molecule has 128 valence electrons. The molecule has 0 bridgehead atoms. The van der Waals surface area contributed by atoms with E-state index < -0.39 is 0 Å². The fraction of sp³-hybridized carbons (Fsp3) is 0.455. The highest BCUT2D eigenvalue weighted by atomic mass is 15.4. The maximum Gasteiger partial charge on any atom is 0.0992 e. The molecule has 3 rings (SSSR count). The standard InChI is InChI=1S/C22H30N2/c1-15(2)19-10-8-11-20(16(3)4)22(19)23-13-18-9-7-12-21(17(5)6)24(18)14-23/h7-13,15-17H,14H2,1-6H3. The average molecular weight is 322 g/mol. The number of rotatable bonds is 4. The van der Waals surface area contributed by atoms with E-state index in [9.17, 15) is 0 Å². The largest absolute Gasteiger partial charge is 0.327 e. The van der Waals surface area contributed by atoms with E-state index in [-0.39, 0.29) is 0 Å². The topological polar surface area (TPSA) is 6.48 Å². The quantitative estimate of drug-likeness (QED) is 0.674. The van der Waals surface area contributed by atoms with Gasteiger partial charge in [0.1, 0.15) is 0 Å². The number of nitrogens with zero attached hydrogens (tertiary/aromatic N) is 2. The number of benzene rings is 1. The van der Waals surface area contributed by atoms with Crippen molar-refractivity contribution in [1.29, 1.82) is 0 Å². The van der Waals surface area contributed by atoms with Crippen molar-refractivity contribution < 1.29 is 0 Å². The Morgan fingerprint density at radius 1 is 0.875 bits per heavy atom. The molecular formula is C22H30N2. The Morgan fingerprint density at radius 2 is 1.50 bits per heavy atom. The fourth-order valence-corrected chi connectivity index (χ4v) is 3.69. The van der Waals surface area contributed by atoms with Crippen molar-refractivity contribution in [2.45, 2.75) is 53.4 Å². The van der Waals surface area contributed by atoms with Crippen LogP contribution in [-0.2, 0) is 0 Å². The summed E-state index contributed by atoms with van der Waals surface area (Å²) in [7, 11) is 0. The van der Waals surface area contributed by atoms with E-state index in [2.05, 4.69) is 94.0 Å². The van der Waals surface area contributed by atoms with Crippen molar-refractivity contribution in [2.75, 3.05) is 11.6 Å². The molecule has 1 aromatic rings. The molecule has 0 saturated heterocycles. The number of anilines is 1. The van der Waals surface area contributed by atoms with Gasteiger partial charge in [0.05, 0.1) is 12.4 Å². The van der Waals surface area contributed by atoms with Crippen molar-refractivity contribution in [3.63, 3.8) is 0 Å². The summed E-state index contributed by atoms with van der Waals surface area (Å²) in [6.45, 7) is 14.6. The van der Waals surface area contributed by atoms with Gasteiger partial charge in [-0.15, -0.1) is 0 Å². The second kappa shape index (κ2) is 6.51. The Balaban J connectivity index is 2.05. The van der Waals surface area contributed by atoms with Gasteiger partial charge in [-0.25, -0.2) is 0 Å². The summed E-state index contributed by atoms with van der Waals surface area (Å²) in [5, 5.41) is 0. The number of allylic oxidation sites excluding steroid dienone is 4. The molecule has 0 aliphatic carbocycles. The molecule has 0 atom stereocenters. The molecule has 2 nitrogen and oxygen atoms in total. The zero-order chi connectivity index (χ0) is 17.4. The maximum atomic E-state index is 2.45. The lowest BCUT2D eigenvalue weighted by atomic mass is 9.92. The first-order chi connectivity index (χ1) is 11.4. The van der Waals surface area contributed by atoms with Crippen LogP contribution >= 0.6 is 0 Å². The number of hydrogen-bond acceptors (Lipinski definition) is 2. The molecule has 0 saturated carbocycles. The number of fused-ring (bicyclic) bond motifs is 1. The number of hydrogen-bond donors (Lipinski definition) is 0. The molecule has 0 unspecified atom stereocenters. The summed E-state index contributed by atoms with van der Waals surface area (Å²) in [6.07, 6.45) is 8.97. The molecule has 24 heavy (non-hydrogen) atoms. The molecule has 2 heterocycles. The Bertz CT molecular complexity index is 678. The van der Waals surface area contributed by atoms with E-state index in [1.165, 1.54) is 28.2 Å². The molecule has 0 aromatic heterocycles. The van der Waals surface area contributed by atoms with Gasteiger partial charge in [-0.05, 0) is 41.0 Å². The molecule has 2 heteroatoms. The average Bonchev–Trinajstić information content (AvgIpc) is 2.97. The SMILES string of the molecule is CC(C)C1=CC=CC2=CN(c3c(C(C)C)cccc3C(C)C)CN21. The molecule has 0 amide bonds. The fourth-order valence-electron chi connectivity index (χ4n) is 3.69. The first-order valence-corrected chi connectivity index (χ1v) is 9.17.